The molecule has 0 spiro atoms. The molecule has 1 amide bonds. The van der Waals surface area contributed by atoms with Gasteiger partial charge in [-0.2, -0.15) is 8.78 Å². The number of carbonyl (C=O) groups excluding carboxylic acids is 1. The van der Waals surface area contributed by atoms with Crippen LogP contribution in [0.15, 0.2) is 34.3 Å². The molecule has 1 aliphatic heterocycles. The van der Waals surface area contributed by atoms with E-state index in [0.717, 1.165) is 11.8 Å². The number of nitrogens with one attached hydrogen (secondary N) is 1. The van der Waals surface area contributed by atoms with Crippen LogP contribution < -0.4 is 11.1 Å². The summed E-state index contributed by atoms with van der Waals surface area (Å²) in [4.78, 5) is 19.7. The van der Waals surface area contributed by atoms with Crippen LogP contribution in [0.2, 0.25) is 0 Å². The van der Waals surface area contributed by atoms with E-state index in [1.807, 2.05) is 0 Å². The molecule has 2 aromatic rings. The molecule has 3 rings (SSSR count). The molecule has 0 saturated heterocycles. The van der Waals surface area contributed by atoms with Gasteiger partial charge >= 0.3 is 5.92 Å². The number of fused-ring (bicyclic) bond motifs is 1. The zero-order valence-corrected chi connectivity index (χ0v) is 11.7. The number of hydrogen-bond donors (Lipinski definition) is 2. The van der Waals surface area contributed by atoms with E-state index in [1.165, 1.54) is 18.3 Å². The molecule has 0 bridgehead atoms. The average Bonchev–Trinajstić information content (AvgIpc) is 2.64. The lowest BCUT2D eigenvalue weighted by Gasteiger charge is -2.12. The molecule has 2 heterocycles. The van der Waals surface area contributed by atoms with E-state index < -0.39 is 11.8 Å². The molecule has 1 aliphatic rings. The lowest BCUT2D eigenvalue weighted by atomic mass is 10.1. The number of anilines is 2. The number of amides is 1. The van der Waals surface area contributed by atoms with Crippen LogP contribution in [0, 0.1) is 6.92 Å². The van der Waals surface area contributed by atoms with Crippen molar-refractivity contribution in [2.45, 2.75) is 22.8 Å². The second-order valence-electron chi connectivity index (χ2n) is 4.51. The van der Waals surface area contributed by atoms with Crippen LogP contribution in [-0.4, -0.2) is 15.9 Å². The lowest BCUT2D eigenvalue weighted by molar-refractivity contribution is -0.139. The van der Waals surface area contributed by atoms with Gasteiger partial charge in [-0.25, -0.2) is 9.97 Å². The van der Waals surface area contributed by atoms with Crippen LogP contribution in [0.4, 0.5) is 20.3 Å². The molecular weight excluding hydrogens is 298 g/mol. The highest BCUT2D eigenvalue weighted by Crippen LogP contribution is 2.47. The topological polar surface area (TPSA) is 80.9 Å². The van der Waals surface area contributed by atoms with Crippen molar-refractivity contribution in [3.63, 3.8) is 0 Å². The van der Waals surface area contributed by atoms with Gasteiger partial charge in [-0.1, -0.05) is 17.8 Å². The second-order valence-corrected chi connectivity index (χ2v) is 5.54. The average molecular weight is 308 g/mol. The van der Waals surface area contributed by atoms with Crippen molar-refractivity contribution >= 4 is 29.2 Å². The summed E-state index contributed by atoms with van der Waals surface area (Å²) in [5.74, 6) is -4.72. The minimum absolute atomic E-state index is 0.105. The lowest BCUT2D eigenvalue weighted by Crippen LogP contribution is -2.24. The number of nitrogens with zero attached hydrogens (tertiary/aromatic N) is 2. The predicted molar refractivity (Wildman–Crippen MR) is 74.3 cm³/mol. The predicted octanol–water partition coefficient (Wildman–Crippen LogP) is 2.56. The fraction of sp³-hybridized carbons (Fsp3) is 0.154. The first kappa shape index (κ1) is 13.7. The van der Waals surface area contributed by atoms with Crippen molar-refractivity contribution < 1.29 is 13.6 Å². The molecule has 0 saturated carbocycles. The Bertz CT molecular complexity index is 751. The molecule has 3 N–H and O–H groups in total. The number of carbonyl (C=O) groups is 1. The first-order valence-corrected chi connectivity index (χ1v) is 6.81. The third-order valence-corrected chi connectivity index (χ3v) is 4.03. The summed E-state index contributed by atoms with van der Waals surface area (Å²) in [6.45, 7) is 1.73. The maximum atomic E-state index is 14.0. The molecule has 1 aromatic heterocycles. The number of aryl methyl sites for hydroxylation is 1. The Balaban J connectivity index is 2.06. The van der Waals surface area contributed by atoms with Crippen LogP contribution in [0.3, 0.4) is 0 Å². The summed E-state index contributed by atoms with van der Waals surface area (Å²) in [6.07, 6.45) is 1.50. The Labute approximate surface area is 123 Å². The Morgan fingerprint density at radius 1 is 1.38 bits per heavy atom. The minimum atomic E-state index is -3.56. The van der Waals surface area contributed by atoms with E-state index >= 15 is 0 Å². The van der Waals surface area contributed by atoms with Crippen molar-refractivity contribution in [2.75, 3.05) is 11.1 Å². The van der Waals surface area contributed by atoms with E-state index in [0.29, 0.717) is 10.7 Å². The third-order valence-electron chi connectivity index (χ3n) is 2.96. The standard InChI is InChI=1S/C13H10F2N4OS/c1-6-5-17-11(10(16)18-6)21-8-4-2-3-7-9(8)13(14,15)12(20)19-7/h2-5H,1H3,(H2,16,18)(H,19,20). The van der Waals surface area contributed by atoms with Gasteiger partial charge in [0, 0.05) is 11.1 Å². The Morgan fingerprint density at radius 3 is 2.86 bits per heavy atom. The van der Waals surface area contributed by atoms with Crippen molar-refractivity contribution in [3.8, 4) is 0 Å². The molecule has 0 atom stereocenters. The fourth-order valence-electron chi connectivity index (χ4n) is 2.03. The SMILES string of the molecule is Cc1cnc(Sc2cccc3c2C(F)(F)C(=O)N3)c(N)n1. The van der Waals surface area contributed by atoms with E-state index in [9.17, 15) is 13.6 Å². The molecule has 1 aromatic carbocycles. The van der Waals surface area contributed by atoms with Crippen LogP contribution in [0.1, 0.15) is 11.3 Å². The second kappa shape index (κ2) is 4.66. The van der Waals surface area contributed by atoms with Gasteiger partial charge < -0.3 is 11.1 Å². The number of aromatic nitrogens is 2. The van der Waals surface area contributed by atoms with Crippen LogP contribution in [0.5, 0.6) is 0 Å². The summed E-state index contributed by atoms with van der Waals surface area (Å²) in [5, 5.41) is 2.49. The molecule has 0 fully saturated rings. The highest BCUT2D eigenvalue weighted by atomic mass is 32.2. The van der Waals surface area contributed by atoms with Crippen LogP contribution >= 0.6 is 11.8 Å². The van der Waals surface area contributed by atoms with E-state index in [4.69, 9.17) is 5.73 Å². The number of alkyl halides is 2. The highest BCUT2D eigenvalue weighted by Gasteiger charge is 2.50. The summed E-state index contributed by atoms with van der Waals surface area (Å²) in [7, 11) is 0. The monoisotopic (exact) mass is 308 g/mol. The fourth-order valence-corrected chi connectivity index (χ4v) is 2.98. The largest absolute Gasteiger partial charge is 0.381 e. The Morgan fingerprint density at radius 2 is 2.14 bits per heavy atom. The Kier molecular flexibility index (Phi) is 3.05. The molecule has 8 heteroatoms. The molecule has 108 valence electrons. The summed E-state index contributed by atoms with van der Waals surface area (Å²) in [6, 6.07) is 4.52. The van der Waals surface area contributed by atoms with Gasteiger partial charge in [-0.3, -0.25) is 4.79 Å². The molecular formula is C13H10F2N4OS. The number of nitrogens with two attached hydrogens (primary N) is 1. The van der Waals surface area contributed by atoms with Gasteiger partial charge in [0.15, 0.2) is 5.82 Å². The van der Waals surface area contributed by atoms with Gasteiger partial charge in [0.25, 0.3) is 5.91 Å². The molecule has 21 heavy (non-hydrogen) atoms. The first-order valence-electron chi connectivity index (χ1n) is 5.99. The number of hydrogen-bond acceptors (Lipinski definition) is 5. The van der Waals surface area contributed by atoms with Gasteiger partial charge in [0.05, 0.1) is 16.9 Å². The Hall–Kier alpha value is -2.22. The first-order chi connectivity index (χ1) is 9.89. The summed E-state index contributed by atoms with van der Waals surface area (Å²) < 4.78 is 27.9. The van der Waals surface area contributed by atoms with E-state index in [2.05, 4.69) is 15.3 Å². The number of halogens is 2. The van der Waals surface area contributed by atoms with E-state index in [-0.39, 0.29) is 22.0 Å². The van der Waals surface area contributed by atoms with Crippen LogP contribution in [-0.2, 0) is 10.7 Å². The molecule has 0 radical (unpaired) electrons. The maximum absolute atomic E-state index is 14.0. The maximum Gasteiger partial charge on any atom is 0.353 e. The smallest absolute Gasteiger partial charge is 0.353 e. The van der Waals surface area contributed by atoms with Gasteiger partial charge in [-0.15, -0.1) is 0 Å². The van der Waals surface area contributed by atoms with Gasteiger partial charge in [0.1, 0.15) is 5.03 Å². The van der Waals surface area contributed by atoms with Crippen molar-refractivity contribution in [1.82, 2.24) is 9.97 Å². The minimum Gasteiger partial charge on any atom is -0.381 e. The molecule has 0 aliphatic carbocycles. The zero-order valence-electron chi connectivity index (χ0n) is 10.9. The number of nitrogen functional groups attached to an aromatic ring is 1. The molecule has 0 unspecified atom stereocenters. The number of benzene rings is 1. The number of rotatable bonds is 2. The summed E-state index contributed by atoms with van der Waals surface area (Å²) in [5.41, 5.74) is 6.14. The highest BCUT2D eigenvalue weighted by molar-refractivity contribution is 7.99. The zero-order chi connectivity index (χ0) is 15.2. The quantitative estimate of drug-likeness (QED) is 0.891. The normalized spacial score (nSPS) is 15.7. The summed E-state index contributed by atoms with van der Waals surface area (Å²) >= 11 is 0.962. The van der Waals surface area contributed by atoms with Gasteiger partial charge in [0.2, 0.25) is 0 Å². The van der Waals surface area contributed by atoms with Crippen molar-refractivity contribution in [3.05, 3.63) is 35.7 Å². The molecule has 5 nitrogen and oxygen atoms in total. The third kappa shape index (κ3) is 2.21. The van der Waals surface area contributed by atoms with Crippen molar-refractivity contribution in [2.24, 2.45) is 0 Å². The van der Waals surface area contributed by atoms with Crippen molar-refractivity contribution in [1.29, 1.82) is 0 Å². The van der Waals surface area contributed by atoms with E-state index in [1.54, 1.807) is 13.0 Å². The van der Waals surface area contributed by atoms with Crippen LogP contribution in [0.25, 0.3) is 0 Å². The van der Waals surface area contributed by atoms with Gasteiger partial charge in [-0.05, 0) is 19.1 Å².